The van der Waals surface area contributed by atoms with Gasteiger partial charge >= 0.3 is 0 Å². The lowest BCUT2D eigenvalue weighted by atomic mass is 9.76. The van der Waals surface area contributed by atoms with Gasteiger partial charge in [-0.2, -0.15) is 0 Å². The molecule has 1 saturated carbocycles. The first-order chi connectivity index (χ1) is 15.0. The number of hydrogen-bond donors (Lipinski definition) is 2. The first kappa shape index (κ1) is 24.9. The maximum atomic E-state index is 12.7. The van der Waals surface area contributed by atoms with E-state index in [1.807, 2.05) is 36.4 Å². The zero-order valence-electron chi connectivity index (χ0n) is 19.2. The van der Waals surface area contributed by atoms with Crippen LogP contribution in [0.3, 0.4) is 0 Å². The van der Waals surface area contributed by atoms with Crippen molar-refractivity contribution in [1.29, 1.82) is 0 Å². The second-order valence-electron chi connectivity index (χ2n) is 8.67. The SMILES string of the molecule is C=CCC1CCC(CC)(C(O)C(=O)NCc2ccc(OC/C(C=C)=C/CCC)cc2)C1. The highest BCUT2D eigenvalue weighted by Gasteiger charge is 2.45. The van der Waals surface area contributed by atoms with E-state index < -0.39 is 6.10 Å². The predicted octanol–water partition coefficient (Wildman–Crippen LogP) is 5.73. The first-order valence-electron chi connectivity index (χ1n) is 11.6. The number of unbranched alkanes of at least 4 members (excludes halogenated alkanes) is 1. The van der Waals surface area contributed by atoms with Gasteiger partial charge in [0.15, 0.2) is 0 Å². The minimum Gasteiger partial charge on any atom is -0.489 e. The number of carbonyl (C=O) groups is 1. The number of hydrogen-bond acceptors (Lipinski definition) is 3. The van der Waals surface area contributed by atoms with E-state index in [9.17, 15) is 9.90 Å². The summed E-state index contributed by atoms with van der Waals surface area (Å²) in [4.78, 5) is 12.7. The first-order valence-corrected chi connectivity index (χ1v) is 11.6. The van der Waals surface area contributed by atoms with Crippen LogP contribution < -0.4 is 10.1 Å². The summed E-state index contributed by atoms with van der Waals surface area (Å²) in [6.45, 7) is 12.8. The van der Waals surface area contributed by atoms with Gasteiger partial charge in [-0.3, -0.25) is 4.79 Å². The van der Waals surface area contributed by atoms with Gasteiger partial charge in [0, 0.05) is 12.0 Å². The normalized spacial score (nSPS) is 22.0. The zero-order chi connectivity index (χ0) is 22.7. The van der Waals surface area contributed by atoms with Gasteiger partial charge in [-0.1, -0.05) is 57.2 Å². The molecule has 2 N–H and O–H groups in total. The van der Waals surface area contributed by atoms with E-state index >= 15 is 0 Å². The summed E-state index contributed by atoms with van der Waals surface area (Å²) >= 11 is 0. The van der Waals surface area contributed by atoms with Crippen LogP contribution in [0.15, 0.2) is 61.2 Å². The van der Waals surface area contributed by atoms with Crippen LogP contribution in [0.25, 0.3) is 0 Å². The van der Waals surface area contributed by atoms with Crippen LogP contribution in [-0.2, 0) is 11.3 Å². The van der Waals surface area contributed by atoms with Crippen molar-refractivity contribution in [3.63, 3.8) is 0 Å². The molecule has 4 nitrogen and oxygen atoms in total. The molecular formula is C27H39NO3. The van der Waals surface area contributed by atoms with Crippen molar-refractivity contribution in [2.75, 3.05) is 6.61 Å². The Labute approximate surface area is 188 Å². The Morgan fingerprint density at radius 3 is 2.68 bits per heavy atom. The van der Waals surface area contributed by atoms with Crippen molar-refractivity contribution < 1.29 is 14.6 Å². The minimum absolute atomic E-state index is 0.280. The van der Waals surface area contributed by atoms with E-state index in [-0.39, 0.29) is 11.3 Å². The minimum atomic E-state index is -0.970. The molecule has 0 spiro atoms. The molecule has 0 aromatic heterocycles. The fourth-order valence-electron chi connectivity index (χ4n) is 4.44. The van der Waals surface area contributed by atoms with Crippen LogP contribution >= 0.6 is 0 Å². The van der Waals surface area contributed by atoms with Crippen molar-refractivity contribution in [2.45, 2.75) is 71.4 Å². The monoisotopic (exact) mass is 425 g/mol. The van der Waals surface area contributed by atoms with Crippen LogP contribution in [0.2, 0.25) is 0 Å². The molecule has 1 aromatic carbocycles. The van der Waals surface area contributed by atoms with E-state index in [0.717, 1.165) is 61.8 Å². The molecule has 1 aromatic rings. The van der Waals surface area contributed by atoms with Crippen molar-refractivity contribution in [2.24, 2.45) is 11.3 Å². The molecule has 31 heavy (non-hydrogen) atoms. The molecule has 1 fully saturated rings. The molecule has 0 radical (unpaired) electrons. The van der Waals surface area contributed by atoms with E-state index in [2.05, 4.69) is 38.4 Å². The Morgan fingerprint density at radius 1 is 1.32 bits per heavy atom. The molecule has 170 valence electrons. The number of aliphatic hydroxyl groups is 1. The average Bonchev–Trinajstić information content (AvgIpc) is 3.22. The van der Waals surface area contributed by atoms with Gasteiger partial charge in [0.05, 0.1) is 0 Å². The lowest BCUT2D eigenvalue weighted by Crippen LogP contribution is -2.45. The molecule has 3 atom stereocenters. The molecule has 0 heterocycles. The van der Waals surface area contributed by atoms with Crippen molar-refractivity contribution in [3.05, 3.63) is 66.8 Å². The molecule has 1 aliphatic rings. The van der Waals surface area contributed by atoms with Crippen LogP contribution in [0.1, 0.15) is 64.4 Å². The summed E-state index contributed by atoms with van der Waals surface area (Å²) in [5.41, 5.74) is 1.74. The number of rotatable bonds is 13. The van der Waals surface area contributed by atoms with Crippen LogP contribution in [-0.4, -0.2) is 23.7 Å². The highest BCUT2D eigenvalue weighted by atomic mass is 16.5. The molecule has 3 unspecified atom stereocenters. The number of amides is 1. The summed E-state index contributed by atoms with van der Waals surface area (Å²) in [5.74, 6) is 1.02. The number of carbonyl (C=O) groups excluding carboxylic acids is 1. The summed E-state index contributed by atoms with van der Waals surface area (Å²) in [6.07, 6.45) is 11.6. The number of aliphatic hydroxyl groups excluding tert-OH is 1. The fourth-order valence-corrected chi connectivity index (χ4v) is 4.44. The molecule has 4 heteroatoms. The standard InChI is InChI=1S/C27H39NO3/c1-5-9-11-21(7-3)20-31-24-14-12-23(13-15-24)19-28-26(30)25(29)27(8-4)17-16-22(18-27)10-6-2/h6-7,11-15,22,25,29H,2-3,5,8-10,16-20H2,1,4H3,(H,28,30)/b21-11+. The Hall–Kier alpha value is -2.33. The van der Waals surface area contributed by atoms with Gasteiger partial charge in [0.25, 0.3) is 0 Å². The third kappa shape index (κ3) is 7.10. The summed E-state index contributed by atoms with van der Waals surface area (Å²) in [6, 6.07) is 7.69. The number of benzene rings is 1. The van der Waals surface area contributed by atoms with Gasteiger partial charge < -0.3 is 15.2 Å². The van der Waals surface area contributed by atoms with E-state index in [0.29, 0.717) is 19.1 Å². The lowest BCUT2D eigenvalue weighted by Gasteiger charge is -2.32. The third-order valence-electron chi connectivity index (χ3n) is 6.53. The van der Waals surface area contributed by atoms with Gasteiger partial charge in [-0.15, -0.1) is 6.58 Å². The third-order valence-corrected chi connectivity index (χ3v) is 6.53. The zero-order valence-corrected chi connectivity index (χ0v) is 19.2. The van der Waals surface area contributed by atoms with Crippen molar-refractivity contribution >= 4 is 5.91 Å². The smallest absolute Gasteiger partial charge is 0.249 e. The van der Waals surface area contributed by atoms with Gasteiger partial charge in [-0.25, -0.2) is 0 Å². The topological polar surface area (TPSA) is 58.6 Å². The molecule has 1 amide bonds. The molecule has 2 rings (SSSR count). The second-order valence-corrected chi connectivity index (χ2v) is 8.67. The highest BCUT2D eigenvalue weighted by molar-refractivity contribution is 5.81. The summed E-state index contributed by atoms with van der Waals surface area (Å²) in [7, 11) is 0. The number of allylic oxidation sites excluding steroid dienone is 2. The van der Waals surface area contributed by atoms with Crippen LogP contribution in [0.5, 0.6) is 5.75 Å². The van der Waals surface area contributed by atoms with Gasteiger partial charge in [0.1, 0.15) is 18.5 Å². The van der Waals surface area contributed by atoms with Crippen LogP contribution in [0, 0.1) is 11.3 Å². The molecule has 0 saturated heterocycles. The second kappa shape index (κ2) is 12.5. The number of ether oxygens (including phenoxy) is 1. The summed E-state index contributed by atoms with van der Waals surface area (Å²) < 4.78 is 5.83. The van der Waals surface area contributed by atoms with E-state index in [1.54, 1.807) is 0 Å². The van der Waals surface area contributed by atoms with E-state index in [4.69, 9.17) is 4.74 Å². The van der Waals surface area contributed by atoms with E-state index in [1.165, 1.54) is 0 Å². The highest BCUT2D eigenvalue weighted by Crippen LogP contribution is 2.48. The Morgan fingerprint density at radius 2 is 2.06 bits per heavy atom. The predicted molar refractivity (Wildman–Crippen MR) is 128 cm³/mol. The molecule has 1 aliphatic carbocycles. The van der Waals surface area contributed by atoms with Crippen LogP contribution in [0.4, 0.5) is 0 Å². The Kier molecular flexibility index (Phi) is 10.1. The Bertz CT molecular complexity index is 752. The maximum absolute atomic E-state index is 12.7. The fraction of sp³-hybridized carbons (Fsp3) is 0.519. The Balaban J connectivity index is 1.86. The largest absolute Gasteiger partial charge is 0.489 e. The van der Waals surface area contributed by atoms with Crippen molar-refractivity contribution in [1.82, 2.24) is 5.32 Å². The quantitative estimate of drug-likeness (QED) is 0.313. The molecular weight excluding hydrogens is 386 g/mol. The maximum Gasteiger partial charge on any atom is 0.249 e. The molecule has 0 bridgehead atoms. The lowest BCUT2D eigenvalue weighted by molar-refractivity contribution is -0.137. The number of nitrogens with one attached hydrogen (secondary N) is 1. The average molecular weight is 426 g/mol. The van der Waals surface area contributed by atoms with Gasteiger partial charge in [-0.05, 0) is 67.7 Å². The van der Waals surface area contributed by atoms with Crippen molar-refractivity contribution in [3.8, 4) is 5.75 Å². The van der Waals surface area contributed by atoms with Gasteiger partial charge in [0.2, 0.25) is 5.91 Å². The molecule has 0 aliphatic heterocycles. The summed E-state index contributed by atoms with van der Waals surface area (Å²) in [5, 5.41) is 13.7.